The third-order valence-electron chi connectivity index (χ3n) is 0.287. The van der Waals surface area contributed by atoms with Gasteiger partial charge in [-0.15, -0.1) is 0 Å². The Balaban J connectivity index is 0. The second kappa shape index (κ2) is 3.80. The second-order valence-electron chi connectivity index (χ2n) is 2.27. The Kier molecular flexibility index (Phi) is 5.10. The lowest BCUT2D eigenvalue weighted by atomic mass is 10.2. The highest BCUT2D eigenvalue weighted by Gasteiger charge is 2.10. The lowest BCUT2D eigenvalue weighted by molar-refractivity contribution is -0.519. The van der Waals surface area contributed by atoms with Crippen molar-refractivity contribution in [3.05, 3.63) is 0 Å². The summed E-state index contributed by atoms with van der Waals surface area (Å²) in [5.41, 5.74) is -0.422. The smallest absolute Gasteiger partial charge is 0.0983 e. The minimum atomic E-state index is -0.422. The van der Waals surface area contributed by atoms with Crippen molar-refractivity contribution >= 4 is 0 Å². The maximum absolute atomic E-state index is 7.68. The molecule has 0 spiro atoms. The Morgan fingerprint density at radius 2 is 1.62 bits per heavy atom. The molecule has 0 heterocycles. The minimum absolute atomic E-state index is 0. The van der Waals surface area contributed by atoms with E-state index in [9.17, 15) is 0 Å². The molecule has 0 fully saturated rings. The zero-order chi connectivity index (χ0) is 5.91. The molecule has 4 heteroatoms. The molecular weight excluding hydrogens is 112 g/mol. The first kappa shape index (κ1) is 10.8. The normalized spacial score (nSPS) is 10.5. The summed E-state index contributed by atoms with van der Waals surface area (Å²) in [4.78, 5) is 4.28. The first-order valence-corrected chi connectivity index (χ1v) is 2.05. The summed E-state index contributed by atoms with van der Waals surface area (Å²) in [7, 11) is 0. The largest absolute Gasteiger partial charge is 0.412 e. The van der Waals surface area contributed by atoms with Crippen LogP contribution in [0.4, 0.5) is 0 Å². The van der Waals surface area contributed by atoms with Crippen LogP contribution in [0.5, 0.6) is 0 Å². The van der Waals surface area contributed by atoms with Crippen molar-refractivity contribution in [3.63, 3.8) is 0 Å². The molecule has 0 amide bonds. The van der Waals surface area contributed by atoms with Crippen LogP contribution < -0.4 is 0 Å². The van der Waals surface area contributed by atoms with Gasteiger partial charge in [0, 0.05) is 0 Å². The van der Waals surface area contributed by atoms with E-state index in [4.69, 9.17) is 5.26 Å². The van der Waals surface area contributed by atoms with Gasteiger partial charge in [0.15, 0.2) is 0 Å². The van der Waals surface area contributed by atoms with Crippen LogP contribution in [-0.4, -0.2) is 16.3 Å². The SMILES string of the molecule is CC(C)(C)OOO.O. The van der Waals surface area contributed by atoms with Gasteiger partial charge in [-0.1, -0.05) is 5.04 Å². The third-order valence-corrected chi connectivity index (χ3v) is 0.287. The van der Waals surface area contributed by atoms with Gasteiger partial charge >= 0.3 is 0 Å². The monoisotopic (exact) mass is 124 g/mol. The zero-order valence-electron chi connectivity index (χ0n) is 5.26. The van der Waals surface area contributed by atoms with Crippen molar-refractivity contribution in [3.8, 4) is 0 Å². The standard InChI is InChI=1S/C4H10O3.H2O/c1-4(2,3)6-7-5;/h5H,1-3H3;1H2. The number of hydrogen-bond donors (Lipinski definition) is 1. The van der Waals surface area contributed by atoms with Gasteiger partial charge in [0.25, 0.3) is 0 Å². The second-order valence-corrected chi connectivity index (χ2v) is 2.27. The molecule has 0 aromatic heterocycles. The van der Waals surface area contributed by atoms with Crippen LogP contribution in [0.25, 0.3) is 0 Å². The Bertz CT molecular complexity index is 46.5. The van der Waals surface area contributed by atoms with E-state index in [1.54, 1.807) is 20.8 Å². The van der Waals surface area contributed by atoms with E-state index in [-0.39, 0.29) is 5.48 Å². The average molecular weight is 124 g/mol. The number of hydrogen-bond acceptors (Lipinski definition) is 3. The van der Waals surface area contributed by atoms with Crippen LogP contribution in [0.3, 0.4) is 0 Å². The zero-order valence-corrected chi connectivity index (χ0v) is 5.26. The van der Waals surface area contributed by atoms with Crippen LogP contribution in [0, 0.1) is 0 Å². The van der Waals surface area contributed by atoms with Crippen molar-refractivity contribution < 1.29 is 20.7 Å². The summed E-state index contributed by atoms with van der Waals surface area (Å²) in [6.45, 7) is 5.30. The molecule has 8 heavy (non-hydrogen) atoms. The van der Waals surface area contributed by atoms with Gasteiger partial charge in [0.1, 0.15) is 0 Å². The summed E-state index contributed by atoms with van der Waals surface area (Å²) in [5.74, 6) is 0. The molecule has 0 aliphatic rings. The maximum Gasteiger partial charge on any atom is 0.0983 e. The van der Waals surface area contributed by atoms with E-state index in [2.05, 4.69) is 9.93 Å². The fourth-order valence-corrected chi connectivity index (χ4v) is 0.112. The lowest BCUT2D eigenvalue weighted by Crippen LogP contribution is -2.17. The molecule has 0 aromatic rings. The van der Waals surface area contributed by atoms with E-state index in [0.717, 1.165) is 0 Å². The van der Waals surface area contributed by atoms with Crippen LogP contribution in [0.2, 0.25) is 0 Å². The molecule has 0 bridgehead atoms. The summed E-state index contributed by atoms with van der Waals surface area (Å²) < 4.78 is 0. The average Bonchev–Trinajstić information content (AvgIpc) is 1.30. The van der Waals surface area contributed by atoms with E-state index < -0.39 is 5.60 Å². The van der Waals surface area contributed by atoms with Crippen molar-refractivity contribution in [1.82, 2.24) is 0 Å². The summed E-state index contributed by atoms with van der Waals surface area (Å²) >= 11 is 0. The van der Waals surface area contributed by atoms with Crippen molar-refractivity contribution in [1.29, 1.82) is 0 Å². The van der Waals surface area contributed by atoms with Crippen molar-refractivity contribution in [2.24, 2.45) is 0 Å². The summed E-state index contributed by atoms with van der Waals surface area (Å²) in [6, 6.07) is 0. The van der Waals surface area contributed by atoms with Gasteiger partial charge < -0.3 is 5.48 Å². The fourth-order valence-electron chi connectivity index (χ4n) is 0.112. The predicted molar refractivity (Wildman–Crippen MR) is 28.2 cm³/mol. The minimum Gasteiger partial charge on any atom is -0.412 e. The molecule has 4 nitrogen and oxygen atoms in total. The number of rotatable bonds is 1. The van der Waals surface area contributed by atoms with E-state index >= 15 is 0 Å². The molecule has 0 aliphatic carbocycles. The Labute approximate surface area is 48.2 Å². The van der Waals surface area contributed by atoms with Gasteiger partial charge in [0.05, 0.1) is 5.60 Å². The topological polar surface area (TPSA) is 70.2 Å². The van der Waals surface area contributed by atoms with Gasteiger partial charge in [-0.3, -0.25) is 0 Å². The highest BCUT2D eigenvalue weighted by Crippen LogP contribution is 2.04. The van der Waals surface area contributed by atoms with Gasteiger partial charge in [0.2, 0.25) is 0 Å². The van der Waals surface area contributed by atoms with Crippen LogP contribution >= 0.6 is 0 Å². The van der Waals surface area contributed by atoms with Crippen LogP contribution in [0.1, 0.15) is 20.8 Å². The quantitative estimate of drug-likeness (QED) is 0.405. The van der Waals surface area contributed by atoms with Gasteiger partial charge in [-0.05, 0) is 20.8 Å². The predicted octanol–water partition coefficient (Wildman–Crippen LogP) is 0.381. The molecule has 0 radical (unpaired) electrons. The molecule has 52 valence electrons. The van der Waals surface area contributed by atoms with Gasteiger partial charge in [-0.2, -0.15) is 0 Å². The first-order valence-electron chi connectivity index (χ1n) is 2.05. The third kappa shape index (κ3) is 9.28. The van der Waals surface area contributed by atoms with E-state index in [1.165, 1.54) is 0 Å². The van der Waals surface area contributed by atoms with Crippen LogP contribution in [0.15, 0.2) is 0 Å². The maximum atomic E-state index is 7.68. The molecule has 3 N–H and O–H groups in total. The van der Waals surface area contributed by atoms with Crippen molar-refractivity contribution in [2.45, 2.75) is 26.4 Å². The summed E-state index contributed by atoms with van der Waals surface area (Å²) in [5, 5.41) is 11.1. The van der Waals surface area contributed by atoms with Gasteiger partial charge in [-0.25, -0.2) is 10.1 Å². The van der Waals surface area contributed by atoms with Crippen molar-refractivity contribution in [2.75, 3.05) is 0 Å². The molecule has 0 aliphatic heterocycles. The Hall–Kier alpha value is -0.160. The Morgan fingerprint density at radius 3 is 1.62 bits per heavy atom. The van der Waals surface area contributed by atoms with E-state index in [1.807, 2.05) is 0 Å². The summed E-state index contributed by atoms with van der Waals surface area (Å²) in [6.07, 6.45) is 0. The molecular formula is C4H12O4. The first-order chi connectivity index (χ1) is 3.06. The fraction of sp³-hybridized carbons (Fsp3) is 1.00. The molecule has 0 atom stereocenters. The molecule has 0 saturated carbocycles. The Morgan fingerprint density at radius 1 is 1.25 bits per heavy atom. The molecule has 0 aromatic carbocycles. The molecule has 0 rings (SSSR count). The molecule has 0 unspecified atom stereocenters. The van der Waals surface area contributed by atoms with Crippen LogP contribution in [-0.2, 0) is 9.93 Å². The highest BCUT2D eigenvalue weighted by atomic mass is 17.5. The molecule has 0 saturated heterocycles. The van der Waals surface area contributed by atoms with E-state index in [0.29, 0.717) is 0 Å². The lowest BCUT2D eigenvalue weighted by Gasteiger charge is -2.12. The highest BCUT2D eigenvalue weighted by molar-refractivity contribution is 4.53.